The van der Waals surface area contributed by atoms with Gasteiger partial charge in [0.15, 0.2) is 5.96 Å². The van der Waals surface area contributed by atoms with Crippen LogP contribution < -0.4 is 10.6 Å². The van der Waals surface area contributed by atoms with Crippen molar-refractivity contribution in [1.29, 1.82) is 0 Å². The molecule has 0 aliphatic rings. The lowest BCUT2D eigenvalue weighted by Gasteiger charge is -2.28. The third-order valence-electron chi connectivity index (χ3n) is 3.90. The Labute approximate surface area is 172 Å². The van der Waals surface area contributed by atoms with Crippen LogP contribution in [0.15, 0.2) is 29.3 Å². The molecule has 3 N–H and O–H groups in total. The maximum Gasteiger partial charge on any atom is 0.269 e. The lowest BCUT2D eigenvalue weighted by molar-refractivity contribution is -0.384. The topological polar surface area (TPSA) is 99.8 Å². The summed E-state index contributed by atoms with van der Waals surface area (Å²) in [5.74, 6) is 0.597. The Morgan fingerprint density at radius 3 is 2.42 bits per heavy atom. The van der Waals surface area contributed by atoms with Crippen molar-refractivity contribution in [2.75, 3.05) is 13.1 Å². The van der Waals surface area contributed by atoms with Crippen LogP contribution in [0.1, 0.15) is 52.0 Å². The van der Waals surface area contributed by atoms with Crippen molar-refractivity contribution < 1.29 is 10.0 Å². The lowest BCUT2D eigenvalue weighted by atomic mass is 9.93. The van der Waals surface area contributed by atoms with Gasteiger partial charge in [-0.1, -0.05) is 38.8 Å². The Bertz CT molecular complexity index is 575. The predicted molar refractivity (Wildman–Crippen MR) is 116 cm³/mol. The number of non-ortho nitro benzene ring substituents is 1. The largest absolute Gasteiger partial charge is 0.388 e. The first-order chi connectivity index (χ1) is 11.9. The SMILES string of the molecule is CCCC(O)(CCC)CNC(=NCc1cccc([N+](=O)[O-])c1)NCC.I. The van der Waals surface area contributed by atoms with E-state index in [9.17, 15) is 15.2 Å². The van der Waals surface area contributed by atoms with E-state index in [1.54, 1.807) is 6.07 Å². The Morgan fingerprint density at radius 1 is 1.23 bits per heavy atom. The van der Waals surface area contributed by atoms with Gasteiger partial charge in [0.1, 0.15) is 0 Å². The summed E-state index contributed by atoms with van der Waals surface area (Å²) in [6.45, 7) is 7.53. The van der Waals surface area contributed by atoms with Crippen LogP contribution in [0, 0.1) is 10.1 Å². The fraction of sp³-hybridized carbons (Fsp3) is 0.611. The summed E-state index contributed by atoms with van der Waals surface area (Å²) in [7, 11) is 0. The summed E-state index contributed by atoms with van der Waals surface area (Å²) >= 11 is 0. The number of nitrogens with one attached hydrogen (secondary N) is 2. The second kappa shape index (κ2) is 12.9. The van der Waals surface area contributed by atoms with Gasteiger partial charge in [-0.2, -0.15) is 0 Å². The predicted octanol–water partition coefficient (Wildman–Crippen LogP) is 3.60. The number of guanidine groups is 1. The summed E-state index contributed by atoms with van der Waals surface area (Å²) in [6, 6.07) is 6.46. The van der Waals surface area contributed by atoms with Crippen molar-refractivity contribution >= 4 is 35.6 Å². The van der Waals surface area contributed by atoms with E-state index in [0.29, 0.717) is 25.6 Å². The third-order valence-corrected chi connectivity index (χ3v) is 3.90. The molecule has 0 amide bonds. The molecule has 0 saturated carbocycles. The Balaban J connectivity index is 0.00000625. The molecule has 0 spiro atoms. The molecule has 0 aliphatic carbocycles. The van der Waals surface area contributed by atoms with Crippen molar-refractivity contribution in [2.45, 2.75) is 58.6 Å². The molecule has 0 saturated heterocycles. The molecular weight excluding hydrogens is 447 g/mol. The Hall–Kier alpha value is -1.42. The highest BCUT2D eigenvalue weighted by Crippen LogP contribution is 2.18. The van der Waals surface area contributed by atoms with Crippen LogP contribution >= 0.6 is 24.0 Å². The van der Waals surface area contributed by atoms with E-state index >= 15 is 0 Å². The normalized spacial score (nSPS) is 11.6. The molecule has 7 nitrogen and oxygen atoms in total. The molecule has 0 aliphatic heterocycles. The highest BCUT2D eigenvalue weighted by molar-refractivity contribution is 14.0. The van der Waals surface area contributed by atoms with E-state index in [-0.39, 0.29) is 29.7 Å². The second-order valence-electron chi connectivity index (χ2n) is 6.20. The number of nitrogens with zero attached hydrogens (tertiary/aromatic N) is 2. The molecule has 0 unspecified atom stereocenters. The Kier molecular flexibility index (Phi) is 12.2. The van der Waals surface area contributed by atoms with Gasteiger partial charge in [-0.25, -0.2) is 4.99 Å². The van der Waals surface area contributed by atoms with Crippen molar-refractivity contribution in [2.24, 2.45) is 4.99 Å². The van der Waals surface area contributed by atoms with Gasteiger partial charge in [-0.15, -0.1) is 24.0 Å². The summed E-state index contributed by atoms with van der Waals surface area (Å²) in [5, 5.41) is 27.9. The molecule has 0 atom stereocenters. The van der Waals surface area contributed by atoms with Crippen molar-refractivity contribution in [3.05, 3.63) is 39.9 Å². The molecule has 1 aromatic carbocycles. The average molecular weight is 478 g/mol. The molecule has 148 valence electrons. The zero-order valence-electron chi connectivity index (χ0n) is 15.8. The first-order valence-corrected chi connectivity index (χ1v) is 8.92. The van der Waals surface area contributed by atoms with Gasteiger partial charge in [0.05, 0.1) is 17.1 Å². The number of halogens is 1. The number of benzene rings is 1. The number of rotatable bonds is 10. The van der Waals surface area contributed by atoms with Crippen molar-refractivity contribution in [1.82, 2.24) is 10.6 Å². The van der Waals surface area contributed by atoms with E-state index < -0.39 is 10.5 Å². The number of aliphatic hydroxyl groups is 1. The van der Waals surface area contributed by atoms with Gasteiger partial charge in [0.2, 0.25) is 0 Å². The summed E-state index contributed by atoms with van der Waals surface area (Å²) in [4.78, 5) is 14.9. The molecule has 8 heteroatoms. The summed E-state index contributed by atoms with van der Waals surface area (Å²) in [6.07, 6.45) is 3.30. The zero-order valence-corrected chi connectivity index (χ0v) is 18.2. The van der Waals surface area contributed by atoms with E-state index in [0.717, 1.165) is 31.2 Å². The average Bonchev–Trinajstić information content (AvgIpc) is 2.58. The minimum Gasteiger partial charge on any atom is -0.388 e. The summed E-state index contributed by atoms with van der Waals surface area (Å²) in [5.41, 5.74) is 0.0836. The van der Waals surface area contributed by atoms with Crippen LogP contribution in [0.4, 0.5) is 5.69 Å². The Morgan fingerprint density at radius 2 is 1.88 bits per heavy atom. The van der Waals surface area contributed by atoms with E-state index in [2.05, 4.69) is 29.5 Å². The number of aliphatic imine (C=N–C) groups is 1. The smallest absolute Gasteiger partial charge is 0.269 e. The number of nitro groups is 1. The third kappa shape index (κ3) is 8.79. The van der Waals surface area contributed by atoms with Gasteiger partial charge < -0.3 is 15.7 Å². The van der Waals surface area contributed by atoms with Gasteiger partial charge in [0.25, 0.3) is 5.69 Å². The van der Waals surface area contributed by atoms with E-state index in [4.69, 9.17) is 0 Å². The fourth-order valence-electron chi connectivity index (χ4n) is 2.76. The molecule has 1 rings (SSSR count). The molecular formula is C18H31IN4O3. The maximum absolute atomic E-state index is 10.8. The first kappa shape index (κ1) is 24.6. The molecule has 0 bridgehead atoms. The molecule has 26 heavy (non-hydrogen) atoms. The van der Waals surface area contributed by atoms with Crippen LogP contribution in [0.2, 0.25) is 0 Å². The molecule has 0 heterocycles. The number of hydrogen-bond acceptors (Lipinski definition) is 4. The lowest BCUT2D eigenvalue weighted by Crippen LogP contribution is -2.47. The molecule has 0 radical (unpaired) electrons. The van der Waals surface area contributed by atoms with Crippen LogP contribution in [0.3, 0.4) is 0 Å². The van der Waals surface area contributed by atoms with Crippen LogP contribution in [-0.2, 0) is 6.54 Å². The van der Waals surface area contributed by atoms with Gasteiger partial charge >= 0.3 is 0 Å². The monoisotopic (exact) mass is 478 g/mol. The van der Waals surface area contributed by atoms with Gasteiger partial charge in [-0.05, 0) is 25.3 Å². The molecule has 0 aromatic heterocycles. The standard InChI is InChI=1S/C18H30N4O3.HI/c1-4-10-18(23,11-5-2)14-21-17(19-6-3)20-13-15-8-7-9-16(12-15)22(24)25;/h7-9,12,23H,4-6,10-11,13-14H2,1-3H3,(H2,19,20,21);1H. The zero-order chi connectivity index (χ0) is 18.7. The first-order valence-electron chi connectivity index (χ1n) is 8.92. The number of nitro benzene ring substituents is 1. The number of hydrogen-bond donors (Lipinski definition) is 3. The highest BCUT2D eigenvalue weighted by atomic mass is 127. The van der Waals surface area contributed by atoms with Gasteiger partial charge in [0, 0.05) is 25.2 Å². The van der Waals surface area contributed by atoms with Gasteiger partial charge in [-0.3, -0.25) is 10.1 Å². The minimum absolute atomic E-state index is 0. The fourth-order valence-corrected chi connectivity index (χ4v) is 2.76. The van der Waals surface area contributed by atoms with Crippen molar-refractivity contribution in [3.63, 3.8) is 0 Å². The molecule has 0 fully saturated rings. The molecule has 1 aromatic rings. The van der Waals surface area contributed by atoms with Crippen LogP contribution in [0.25, 0.3) is 0 Å². The second-order valence-corrected chi connectivity index (χ2v) is 6.20. The van der Waals surface area contributed by atoms with E-state index in [1.807, 2.05) is 13.0 Å². The van der Waals surface area contributed by atoms with Crippen LogP contribution in [0.5, 0.6) is 0 Å². The van der Waals surface area contributed by atoms with E-state index in [1.165, 1.54) is 12.1 Å². The highest BCUT2D eigenvalue weighted by Gasteiger charge is 2.24. The van der Waals surface area contributed by atoms with Crippen LogP contribution in [-0.4, -0.2) is 34.7 Å². The van der Waals surface area contributed by atoms with Crippen molar-refractivity contribution in [3.8, 4) is 0 Å². The summed E-state index contributed by atoms with van der Waals surface area (Å²) < 4.78 is 0. The maximum atomic E-state index is 10.8. The quantitative estimate of drug-likeness (QED) is 0.157. The minimum atomic E-state index is -0.745.